The largest absolute Gasteiger partial charge is 0.475 e. The van der Waals surface area contributed by atoms with Crippen LogP contribution >= 0.6 is 67.8 Å². The van der Waals surface area contributed by atoms with Crippen molar-refractivity contribution >= 4 is 73.7 Å². The van der Waals surface area contributed by atoms with Crippen molar-refractivity contribution in [1.82, 2.24) is 0 Å². The van der Waals surface area contributed by atoms with E-state index in [0.717, 1.165) is 19.0 Å². The van der Waals surface area contributed by atoms with Crippen LogP contribution in [0.2, 0.25) is 0 Å². The normalized spacial score (nSPS) is 11.7. The molecule has 0 aliphatic heterocycles. The van der Waals surface area contributed by atoms with E-state index in [1.807, 2.05) is 18.2 Å². The molecular weight excluding hydrogens is 561 g/mol. The molecule has 1 aromatic carbocycles. The van der Waals surface area contributed by atoms with Crippen LogP contribution in [0.4, 0.5) is 0 Å². The van der Waals surface area contributed by atoms with E-state index in [2.05, 4.69) is 74.4 Å². The Morgan fingerprint density at radius 3 is 2.76 bits per heavy atom. The molecule has 1 unspecified atom stereocenters. The molecule has 0 aliphatic rings. The highest BCUT2D eigenvalue weighted by molar-refractivity contribution is 14.1. The first-order chi connectivity index (χ1) is 8.02. The predicted octanol–water partition coefficient (Wildman–Crippen LogP) is 3.76. The van der Waals surface area contributed by atoms with E-state index < -0.39 is 5.97 Å². The Bertz CT molecular complexity index is 420. The molecule has 0 aromatic heterocycles. The van der Waals surface area contributed by atoms with Gasteiger partial charge in [-0.05, 0) is 86.0 Å². The zero-order chi connectivity index (χ0) is 12.8. The topological polar surface area (TPSA) is 35.5 Å². The summed E-state index contributed by atoms with van der Waals surface area (Å²) in [6, 6.07) is 5.90. The Kier molecular flexibility index (Phi) is 7.07. The highest BCUT2D eigenvalue weighted by atomic mass is 127. The van der Waals surface area contributed by atoms with Gasteiger partial charge in [0.25, 0.3) is 0 Å². The van der Waals surface area contributed by atoms with Crippen molar-refractivity contribution in [1.29, 1.82) is 0 Å². The molecule has 0 aliphatic carbocycles. The van der Waals surface area contributed by atoms with Gasteiger partial charge in [-0.3, -0.25) is 0 Å². The lowest BCUT2D eigenvalue weighted by Gasteiger charge is -2.14. The lowest BCUT2D eigenvalue weighted by Crippen LogP contribution is -2.18. The van der Waals surface area contributed by atoms with E-state index in [9.17, 15) is 4.79 Å². The fourth-order valence-electron chi connectivity index (χ4n) is 0.949. The van der Waals surface area contributed by atoms with Crippen molar-refractivity contribution in [2.24, 2.45) is 0 Å². The quantitative estimate of drug-likeness (QED) is 0.235. The van der Waals surface area contributed by atoms with Gasteiger partial charge in [0, 0.05) is 9.65 Å². The second-order valence-corrected chi connectivity index (χ2v) is 6.73. The highest BCUT2D eigenvalue weighted by Crippen LogP contribution is 2.25. The Hall–Kier alpha value is 0.420. The van der Waals surface area contributed by atoms with Crippen molar-refractivity contribution in [3.63, 3.8) is 0 Å². The maximum Gasteiger partial charge on any atom is 0.330 e. The maximum absolute atomic E-state index is 10.9. The second-order valence-electron chi connectivity index (χ2n) is 2.94. The van der Waals surface area contributed by atoms with Crippen LogP contribution in [0.3, 0.4) is 0 Å². The first kappa shape index (κ1) is 15.5. The molecule has 0 radical (unpaired) electrons. The number of halogens is 3. The average Bonchev–Trinajstić information content (AvgIpc) is 2.29. The maximum atomic E-state index is 10.9. The summed E-state index contributed by atoms with van der Waals surface area (Å²) in [4.78, 5) is 10.9. The van der Waals surface area contributed by atoms with E-state index in [-0.39, 0.29) is 10.7 Å². The number of carbonyl (C=O) groups excluding carboxylic acids is 1. The molecule has 0 fully saturated rings. The number of hydrogen-bond acceptors (Lipinski definition) is 3. The second kappa shape index (κ2) is 7.77. The van der Waals surface area contributed by atoms with Crippen LogP contribution in [-0.2, 0) is 9.53 Å². The lowest BCUT2D eigenvalue weighted by atomic mass is 10.3. The van der Waals surface area contributed by atoms with Crippen LogP contribution in [0.5, 0.6) is 5.75 Å². The molecule has 17 heavy (non-hydrogen) atoms. The number of alkyl halides is 1. The molecule has 6 heteroatoms. The van der Waals surface area contributed by atoms with Gasteiger partial charge in [-0.1, -0.05) is 6.58 Å². The third-order valence-corrected chi connectivity index (χ3v) is 3.80. The number of carbonyl (C=O) groups is 1. The predicted molar refractivity (Wildman–Crippen MR) is 91.5 cm³/mol. The van der Waals surface area contributed by atoms with Gasteiger partial charge in [-0.25, -0.2) is 4.79 Å². The van der Waals surface area contributed by atoms with Crippen LogP contribution in [0, 0.1) is 7.14 Å². The zero-order valence-electron chi connectivity index (χ0n) is 8.66. The number of hydrogen-bond donors (Lipinski definition) is 0. The number of esters is 1. The number of benzene rings is 1. The molecule has 92 valence electrons. The van der Waals surface area contributed by atoms with Gasteiger partial charge < -0.3 is 9.47 Å². The minimum atomic E-state index is -0.437. The van der Waals surface area contributed by atoms with Gasteiger partial charge >= 0.3 is 5.97 Å². The van der Waals surface area contributed by atoms with Crippen LogP contribution in [-0.4, -0.2) is 16.7 Å². The van der Waals surface area contributed by atoms with Gasteiger partial charge in [-0.15, -0.1) is 0 Å². The summed E-state index contributed by atoms with van der Waals surface area (Å²) >= 11 is 6.54. The van der Waals surface area contributed by atoms with Crippen molar-refractivity contribution in [2.75, 3.05) is 6.61 Å². The molecule has 1 atom stereocenters. The smallest absolute Gasteiger partial charge is 0.330 e. The summed E-state index contributed by atoms with van der Waals surface area (Å²) in [5.74, 6) is 0.354. The van der Waals surface area contributed by atoms with E-state index in [1.54, 1.807) is 0 Å². The Balaban J connectivity index is 2.53. The van der Waals surface area contributed by atoms with Gasteiger partial charge in [0.1, 0.15) is 12.4 Å². The van der Waals surface area contributed by atoms with Crippen LogP contribution in [0.25, 0.3) is 0 Å². The van der Waals surface area contributed by atoms with Crippen molar-refractivity contribution < 1.29 is 14.3 Å². The highest BCUT2D eigenvalue weighted by Gasteiger charge is 2.10. The summed E-state index contributed by atoms with van der Waals surface area (Å²) in [7, 11) is 0. The third-order valence-electron chi connectivity index (χ3n) is 1.67. The molecular formula is C11H9I3O3. The SMILES string of the molecule is C=CC(=O)OCC(I)Oc1ccc(I)cc1I. The molecule has 1 aromatic rings. The molecule has 0 saturated heterocycles. The van der Waals surface area contributed by atoms with Crippen molar-refractivity contribution in [3.05, 3.63) is 38.0 Å². The molecule has 1 rings (SSSR count). The molecule has 0 N–H and O–H groups in total. The molecule has 0 heterocycles. The molecule has 0 spiro atoms. The first-order valence-electron chi connectivity index (χ1n) is 4.58. The molecule has 3 nitrogen and oxygen atoms in total. The Labute approximate surface area is 141 Å². The zero-order valence-corrected chi connectivity index (χ0v) is 15.1. The van der Waals surface area contributed by atoms with Crippen molar-refractivity contribution in [3.8, 4) is 5.75 Å². The van der Waals surface area contributed by atoms with E-state index in [1.165, 1.54) is 0 Å². The van der Waals surface area contributed by atoms with Crippen LogP contribution in [0.15, 0.2) is 30.9 Å². The van der Waals surface area contributed by atoms with E-state index >= 15 is 0 Å². The molecule has 0 amide bonds. The monoisotopic (exact) mass is 570 g/mol. The molecule has 0 bridgehead atoms. The molecule has 0 saturated carbocycles. The van der Waals surface area contributed by atoms with E-state index in [4.69, 9.17) is 9.47 Å². The first-order valence-corrected chi connectivity index (χ1v) is 7.98. The number of rotatable bonds is 5. The summed E-state index contributed by atoms with van der Waals surface area (Å²) in [6.07, 6.45) is 1.14. The van der Waals surface area contributed by atoms with Gasteiger partial charge in [0.2, 0.25) is 0 Å². The third kappa shape index (κ3) is 5.73. The summed E-state index contributed by atoms with van der Waals surface area (Å²) < 4.78 is 12.5. The fraction of sp³-hybridized carbons (Fsp3) is 0.182. The summed E-state index contributed by atoms with van der Waals surface area (Å²) in [6.45, 7) is 3.53. The van der Waals surface area contributed by atoms with Crippen molar-refractivity contribution in [2.45, 2.75) is 4.11 Å². The Morgan fingerprint density at radius 2 is 2.18 bits per heavy atom. The minimum absolute atomic E-state index is 0.202. The summed E-state index contributed by atoms with van der Waals surface area (Å²) in [5, 5.41) is 0. The summed E-state index contributed by atoms with van der Waals surface area (Å²) in [5.41, 5.74) is 0. The minimum Gasteiger partial charge on any atom is -0.475 e. The van der Waals surface area contributed by atoms with Gasteiger partial charge in [-0.2, -0.15) is 0 Å². The number of ether oxygens (including phenoxy) is 2. The fourth-order valence-corrected chi connectivity index (χ4v) is 3.13. The van der Waals surface area contributed by atoms with Crippen LogP contribution < -0.4 is 4.74 Å². The van der Waals surface area contributed by atoms with Gasteiger partial charge in [0.05, 0.1) is 3.57 Å². The lowest BCUT2D eigenvalue weighted by molar-refractivity contribution is -0.138. The average molecular weight is 570 g/mol. The van der Waals surface area contributed by atoms with Gasteiger partial charge in [0.15, 0.2) is 4.11 Å². The van der Waals surface area contributed by atoms with E-state index in [0.29, 0.717) is 0 Å². The Morgan fingerprint density at radius 1 is 1.47 bits per heavy atom. The van der Waals surface area contributed by atoms with Crippen LogP contribution in [0.1, 0.15) is 0 Å². The standard InChI is InChI=1S/C11H9I3O3/c1-2-11(15)16-6-10(14)17-9-4-3-7(12)5-8(9)13/h2-5,10H,1,6H2.